The van der Waals surface area contributed by atoms with E-state index in [9.17, 15) is 8.42 Å². The van der Waals surface area contributed by atoms with Crippen molar-refractivity contribution in [3.8, 4) is 11.8 Å². The monoisotopic (exact) mass is 439 g/mol. The van der Waals surface area contributed by atoms with Crippen LogP contribution in [-0.2, 0) is 23.0 Å². The van der Waals surface area contributed by atoms with Crippen molar-refractivity contribution in [2.75, 3.05) is 11.9 Å². The molecular formula is C22H25N5O3S. The summed E-state index contributed by atoms with van der Waals surface area (Å²) in [6.45, 7) is 8.79. The molecule has 0 aliphatic carbocycles. The molecular weight excluding hydrogens is 414 g/mol. The topological polar surface area (TPSA) is 98.1 Å². The Kier molecular flexibility index (Phi) is 5.79. The minimum Gasteiger partial charge on any atom is -0.424 e. The number of hydrogen-bond donors (Lipinski definition) is 2. The summed E-state index contributed by atoms with van der Waals surface area (Å²) in [5.74, 6) is 1.13. The number of sulfonamides is 1. The molecule has 0 saturated heterocycles. The van der Waals surface area contributed by atoms with Crippen molar-refractivity contribution in [2.24, 2.45) is 0 Å². The summed E-state index contributed by atoms with van der Waals surface area (Å²) in [7, 11) is -3.73. The van der Waals surface area contributed by atoms with Crippen LogP contribution in [0.3, 0.4) is 0 Å². The standard InChI is InChI=1S/C22H25N5O3S/c1-4-16-6-10-19(11-7-16)31(28,29)26-15(3)21-24-25-22(27(21)5-2)30-18-9-8-17-12-13-23-20(17)14-18/h4,6-11,14-15,23,26H,1,5,12-13H2,2-3H3/t15-/m1/s1. The van der Waals surface area contributed by atoms with Crippen LogP contribution in [0.2, 0.25) is 0 Å². The zero-order chi connectivity index (χ0) is 22.0. The lowest BCUT2D eigenvalue weighted by atomic mass is 10.2. The Bertz CT molecular complexity index is 1200. The molecule has 2 N–H and O–H groups in total. The second kappa shape index (κ2) is 8.52. The van der Waals surface area contributed by atoms with Crippen molar-refractivity contribution in [2.45, 2.75) is 37.8 Å². The third-order valence-corrected chi connectivity index (χ3v) is 6.76. The average Bonchev–Trinajstić information content (AvgIpc) is 3.39. The quantitative estimate of drug-likeness (QED) is 0.555. The van der Waals surface area contributed by atoms with Gasteiger partial charge in [0, 0.05) is 24.8 Å². The molecule has 8 nitrogen and oxygen atoms in total. The fourth-order valence-electron chi connectivity index (χ4n) is 3.57. The van der Waals surface area contributed by atoms with Crippen LogP contribution in [0.5, 0.6) is 11.8 Å². The van der Waals surface area contributed by atoms with Crippen LogP contribution in [0.15, 0.2) is 53.9 Å². The Balaban J connectivity index is 1.54. The van der Waals surface area contributed by atoms with Crippen molar-refractivity contribution in [1.82, 2.24) is 19.5 Å². The normalized spacial score (nSPS) is 14.0. The van der Waals surface area contributed by atoms with Gasteiger partial charge in [-0.05, 0) is 49.6 Å². The van der Waals surface area contributed by atoms with Crippen LogP contribution >= 0.6 is 0 Å². The molecule has 3 aromatic rings. The molecule has 1 aliphatic rings. The van der Waals surface area contributed by atoms with Gasteiger partial charge in [0.2, 0.25) is 10.0 Å². The molecule has 0 amide bonds. The van der Waals surface area contributed by atoms with E-state index >= 15 is 0 Å². The first-order valence-corrected chi connectivity index (χ1v) is 11.6. The summed E-state index contributed by atoms with van der Waals surface area (Å²) in [6.07, 6.45) is 2.66. The Morgan fingerprint density at radius 3 is 2.74 bits per heavy atom. The first-order chi connectivity index (χ1) is 14.9. The van der Waals surface area contributed by atoms with E-state index in [2.05, 4.69) is 26.8 Å². The predicted molar refractivity (Wildman–Crippen MR) is 120 cm³/mol. The van der Waals surface area contributed by atoms with Crippen molar-refractivity contribution in [3.63, 3.8) is 0 Å². The van der Waals surface area contributed by atoms with Gasteiger partial charge >= 0.3 is 6.01 Å². The van der Waals surface area contributed by atoms with Crippen LogP contribution in [-0.4, -0.2) is 29.7 Å². The minimum atomic E-state index is -3.73. The molecule has 1 aromatic heterocycles. The number of rotatable bonds is 8. The highest BCUT2D eigenvalue weighted by atomic mass is 32.2. The van der Waals surface area contributed by atoms with Gasteiger partial charge < -0.3 is 10.1 Å². The van der Waals surface area contributed by atoms with E-state index in [0.29, 0.717) is 24.1 Å². The van der Waals surface area contributed by atoms with Gasteiger partial charge in [-0.1, -0.05) is 36.0 Å². The smallest absolute Gasteiger partial charge is 0.322 e. The number of nitrogens with one attached hydrogen (secondary N) is 2. The van der Waals surface area contributed by atoms with Gasteiger partial charge in [-0.15, -0.1) is 5.10 Å². The Morgan fingerprint density at radius 1 is 1.26 bits per heavy atom. The Morgan fingerprint density at radius 2 is 2.03 bits per heavy atom. The molecule has 9 heteroatoms. The summed E-state index contributed by atoms with van der Waals surface area (Å²) in [5.41, 5.74) is 3.17. The minimum absolute atomic E-state index is 0.176. The van der Waals surface area contributed by atoms with Gasteiger partial charge in [0.05, 0.1) is 10.9 Å². The number of hydrogen-bond acceptors (Lipinski definition) is 6. The van der Waals surface area contributed by atoms with Crippen LogP contribution < -0.4 is 14.8 Å². The first-order valence-electron chi connectivity index (χ1n) is 10.1. The van der Waals surface area contributed by atoms with Gasteiger partial charge in [-0.3, -0.25) is 4.57 Å². The maximum atomic E-state index is 12.8. The SMILES string of the molecule is C=Cc1ccc(S(=O)(=O)N[C@H](C)c2nnc(Oc3ccc4c(c3)NCC4)n2CC)cc1. The summed E-state index contributed by atoms with van der Waals surface area (Å²) in [5, 5.41) is 11.7. The molecule has 0 spiro atoms. The molecule has 0 bridgehead atoms. The third-order valence-electron chi connectivity index (χ3n) is 5.21. The number of nitrogens with zero attached hydrogens (tertiary/aromatic N) is 3. The molecule has 2 aromatic carbocycles. The molecule has 0 unspecified atom stereocenters. The Labute approximate surface area is 182 Å². The average molecular weight is 440 g/mol. The summed E-state index contributed by atoms with van der Waals surface area (Å²) >= 11 is 0. The van der Waals surface area contributed by atoms with E-state index in [1.54, 1.807) is 41.8 Å². The van der Waals surface area contributed by atoms with Gasteiger partial charge in [-0.25, -0.2) is 13.1 Å². The summed E-state index contributed by atoms with van der Waals surface area (Å²) < 4.78 is 36.0. The lowest BCUT2D eigenvalue weighted by Gasteiger charge is -2.15. The fourth-order valence-corrected chi connectivity index (χ4v) is 4.77. The molecule has 0 fully saturated rings. The zero-order valence-corrected chi connectivity index (χ0v) is 18.3. The number of fused-ring (bicyclic) bond motifs is 1. The van der Waals surface area contributed by atoms with E-state index in [-0.39, 0.29) is 4.90 Å². The first kappa shape index (κ1) is 21.1. The van der Waals surface area contributed by atoms with E-state index in [0.717, 1.165) is 24.2 Å². The highest BCUT2D eigenvalue weighted by molar-refractivity contribution is 7.89. The predicted octanol–water partition coefficient (Wildman–Crippen LogP) is 3.74. The van der Waals surface area contributed by atoms with Crippen molar-refractivity contribution in [1.29, 1.82) is 0 Å². The number of benzene rings is 2. The molecule has 31 heavy (non-hydrogen) atoms. The van der Waals surface area contributed by atoms with Crippen molar-refractivity contribution in [3.05, 3.63) is 66.0 Å². The summed E-state index contributed by atoms with van der Waals surface area (Å²) in [6, 6.07) is 12.1. The highest BCUT2D eigenvalue weighted by Crippen LogP contribution is 2.30. The van der Waals surface area contributed by atoms with Crippen LogP contribution in [0.25, 0.3) is 6.08 Å². The maximum absolute atomic E-state index is 12.8. The summed E-state index contributed by atoms with van der Waals surface area (Å²) in [4.78, 5) is 0.176. The largest absolute Gasteiger partial charge is 0.424 e. The van der Waals surface area contributed by atoms with Gasteiger partial charge in [0.25, 0.3) is 0 Å². The number of aromatic nitrogens is 3. The van der Waals surface area contributed by atoms with E-state index in [4.69, 9.17) is 4.74 Å². The molecule has 1 atom stereocenters. The third kappa shape index (κ3) is 4.33. The lowest BCUT2D eigenvalue weighted by molar-refractivity contribution is 0.408. The molecule has 0 saturated carbocycles. The Hall–Kier alpha value is -3.17. The lowest BCUT2D eigenvalue weighted by Crippen LogP contribution is -2.29. The van der Waals surface area contributed by atoms with Crippen LogP contribution in [0, 0.1) is 0 Å². The highest BCUT2D eigenvalue weighted by Gasteiger charge is 2.24. The van der Waals surface area contributed by atoms with Crippen molar-refractivity contribution >= 4 is 21.8 Å². The van der Waals surface area contributed by atoms with E-state index in [1.807, 2.05) is 25.1 Å². The van der Waals surface area contributed by atoms with Crippen molar-refractivity contribution < 1.29 is 13.2 Å². The van der Waals surface area contributed by atoms with Crippen LogP contribution in [0.4, 0.5) is 5.69 Å². The van der Waals surface area contributed by atoms with Gasteiger partial charge in [0.15, 0.2) is 5.82 Å². The molecule has 1 aliphatic heterocycles. The van der Waals surface area contributed by atoms with Gasteiger partial charge in [0.1, 0.15) is 5.75 Å². The molecule has 0 radical (unpaired) electrons. The van der Waals surface area contributed by atoms with Crippen LogP contribution in [0.1, 0.15) is 36.8 Å². The second-order valence-electron chi connectivity index (χ2n) is 7.30. The van der Waals surface area contributed by atoms with Gasteiger partial charge in [-0.2, -0.15) is 0 Å². The van der Waals surface area contributed by atoms with E-state index < -0.39 is 16.1 Å². The fraction of sp³-hybridized carbons (Fsp3) is 0.273. The van der Waals surface area contributed by atoms with E-state index in [1.165, 1.54) is 5.56 Å². The number of ether oxygens (including phenoxy) is 1. The zero-order valence-electron chi connectivity index (χ0n) is 17.5. The molecule has 4 rings (SSSR count). The number of anilines is 1. The molecule has 2 heterocycles. The molecule has 162 valence electrons. The maximum Gasteiger partial charge on any atom is 0.322 e. The second-order valence-corrected chi connectivity index (χ2v) is 9.01.